The zero-order chi connectivity index (χ0) is 40.9. The van der Waals surface area contributed by atoms with E-state index < -0.39 is 97.8 Å². The van der Waals surface area contributed by atoms with Crippen LogP contribution in [0.15, 0.2) is 97.1 Å². The molecule has 6 aromatic carbocycles. The Morgan fingerprint density at radius 3 is 0.821 bits per heavy atom. The van der Waals surface area contributed by atoms with E-state index in [1.807, 2.05) is 0 Å². The van der Waals surface area contributed by atoms with E-state index in [0.717, 1.165) is 25.9 Å². The van der Waals surface area contributed by atoms with Crippen LogP contribution in [0.2, 0.25) is 0 Å². The van der Waals surface area contributed by atoms with Gasteiger partial charge in [0.2, 0.25) is 0 Å². The first kappa shape index (κ1) is 41.7. The van der Waals surface area contributed by atoms with Gasteiger partial charge in [0.25, 0.3) is 0 Å². The van der Waals surface area contributed by atoms with E-state index in [4.69, 9.17) is 0 Å². The Labute approximate surface area is 314 Å². The average molecular weight is 790 g/mol. The van der Waals surface area contributed by atoms with Crippen molar-refractivity contribution in [2.75, 3.05) is 0 Å². The second-order valence-electron chi connectivity index (χ2n) is 12.8. The molecule has 0 heterocycles. The minimum absolute atomic E-state index is 0.0591. The molecule has 0 saturated carbocycles. The number of hydrogen-bond acceptors (Lipinski definition) is 0. The lowest BCUT2D eigenvalue weighted by Gasteiger charge is -2.44. The second-order valence-corrected chi connectivity index (χ2v) is 12.8. The highest BCUT2D eigenvalue weighted by Crippen LogP contribution is 2.25. The van der Waals surface area contributed by atoms with Crippen LogP contribution in [0.25, 0.3) is 0 Å². The third kappa shape index (κ3) is 7.79. The van der Waals surface area contributed by atoms with Crippen molar-refractivity contribution in [3.05, 3.63) is 189 Å². The Morgan fingerprint density at radius 1 is 0.339 bits per heavy atom. The summed E-state index contributed by atoms with van der Waals surface area (Å²) in [7, 11) is 0. The number of benzene rings is 6. The molecule has 0 aliphatic rings. The third-order valence-electron chi connectivity index (χ3n) is 9.78. The highest BCUT2D eigenvalue weighted by atomic mass is 19.2. The van der Waals surface area contributed by atoms with Gasteiger partial charge < -0.3 is 5.32 Å². The van der Waals surface area contributed by atoms with Gasteiger partial charge in [0.05, 0.1) is 23.3 Å². The van der Waals surface area contributed by atoms with E-state index >= 15 is 35.1 Å². The van der Waals surface area contributed by atoms with Gasteiger partial charge in [-0.3, -0.25) is 0 Å². The number of quaternary nitrogens is 1. The van der Waals surface area contributed by atoms with Crippen molar-refractivity contribution >= 4 is 28.0 Å². The number of aryl methyl sites for hydroxylation is 2. The zero-order valence-electron chi connectivity index (χ0n) is 29.8. The standard InChI is InChI=1S/C24H8BF12.C18H23N/c26-9-1-5-13(30)21(34)17(9)25(18-10(27)2-6-14(31)22(18)35,19-11(28)3-7-15(32)23(19)36)20-12(29)4-8-16(33)24(20)37;1-3-15-9-5-7-11-17(15)13-19-14-18-12-8-6-10-16(18)4-2/h1-8H;5-12,19H,3-4,13-14H2,1-2H3/q-1;/p+1. The Bertz CT molecular complexity index is 2100. The Kier molecular flexibility index (Phi) is 13.0. The molecule has 0 amide bonds. The van der Waals surface area contributed by atoms with Crippen LogP contribution in [-0.4, -0.2) is 6.15 Å². The molecule has 2 N–H and O–H groups in total. The Hall–Kier alpha value is -5.50. The second kappa shape index (κ2) is 17.5. The number of halogens is 12. The van der Waals surface area contributed by atoms with Crippen LogP contribution in [0.3, 0.4) is 0 Å². The highest BCUT2D eigenvalue weighted by molar-refractivity contribution is 7.20. The summed E-state index contributed by atoms with van der Waals surface area (Å²) < 4.78 is 180. The van der Waals surface area contributed by atoms with E-state index in [-0.39, 0.29) is 48.5 Å². The van der Waals surface area contributed by atoms with Crippen molar-refractivity contribution < 1.29 is 58.0 Å². The topological polar surface area (TPSA) is 16.6 Å². The van der Waals surface area contributed by atoms with E-state index in [0.29, 0.717) is 0 Å². The quantitative estimate of drug-likeness (QED) is 0.0830. The van der Waals surface area contributed by atoms with Crippen molar-refractivity contribution in [3.8, 4) is 0 Å². The summed E-state index contributed by atoms with van der Waals surface area (Å²) in [5.74, 6) is -26.6. The molecular formula is C42H32BF12N. The van der Waals surface area contributed by atoms with Gasteiger partial charge in [0, 0.05) is 11.1 Å². The molecule has 292 valence electrons. The van der Waals surface area contributed by atoms with Crippen molar-refractivity contribution in [3.63, 3.8) is 0 Å². The number of nitrogens with two attached hydrogens (primary N) is 1. The van der Waals surface area contributed by atoms with Crippen LogP contribution in [0.1, 0.15) is 36.1 Å². The minimum Gasteiger partial charge on any atom is -0.339 e. The maximum atomic E-state index is 15.3. The molecule has 0 spiro atoms. The molecule has 6 aromatic rings. The first-order chi connectivity index (χ1) is 26.7. The predicted molar refractivity (Wildman–Crippen MR) is 191 cm³/mol. The molecular weight excluding hydrogens is 757 g/mol. The normalized spacial score (nSPS) is 11.4. The average Bonchev–Trinajstić information content (AvgIpc) is 3.18. The van der Waals surface area contributed by atoms with E-state index in [1.54, 1.807) is 0 Å². The van der Waals surface area contributed by atoms with Crippen LogP contribution in [-0.2, 0) is 25.9 Å². The summed E-state index contributed by atoms with van der Waals surface area (Å²) in [6, 6.07) is 18.2. The fourth-order valence-corrected chi connectivity index (χ4v) is 7.21. The molecule has 0 bridgehead atoms. The smallest absolute Gasteiger partial charge is 0.155 e. The monoisotopic (exact) mass is 789 g/mol. The maximum Gasteiger partial charge on any atom is 0.155 e. The maximum absolute atomic E-state index is 15.3. The SMILES string of the molecule is CCc1ccccc1C[NH2+]Cc1ccccc1CC.Fc1ccc(F)c([B-](c2c(F)ccc(F)c2F)(c2c(F)ccc(F)c2F)c2c(F)ccc(F)c2F)c1F. The van der Waals surface area contributed by atoms with Gasteiger partial charge in [0.15, 0.2) is 23.3 Å². The van der Waals surface area contributed by atoms with Crippen molar-refractivity contribution in [1.29, 1.82) is 0 Å². The number of hydrogen-bond donors (Lipinski definition) is 1. The van der Waals surface area contributed by atoms with E-state index in [2.05, 4.69) is 67.7 Å². The van der Waals surface area contributed by atoms with Crippen molar-refractivity contribution in [2.45, 2.75) is 39.8 Å². The third-order valence-corrected chi connectivity index (χ3v) is 9.78. The molecule has 56 heavy (non-hydrogen) atoms. The Balaban J connectivity index is 0.000000265. The van der Waals surface area contributed by atoms with Crippen molar-refractivity contribution in [1.82, 2.24) is 0 Å². The van der Waals surface area contributed by atoms with Crippen LogP contribution in [0.4, 0.5) is 52.7 Å². The van der Waals surface area contributed by atoms with Gasteiger partial charge >= 0.3 is 0 Å². The van der Waals surface area contributed by atoms with Gasteiger partial charge in [0.1, 0.15) is 42.5 Å². The lowest BCUT2D eigenvalue weighted by molar-refractivity contribution is -0.686. The molecule has 0 atom stereocenters. The Morgan fingerprint density at radius 2 is 0.571 bits per heavy atom. The summed E-state index contributed by atoms with van der Waals surface area (Å²) in [6.45, 7) is 6.60. The van der Waals surface area contributed by atoms with Crippen LogP contribution in [0, 0.1) is 69.8 Å². The first-order valence-electron chi connectivity index (χ1n) is 17.4. The molecule has 0 saturated heterocycles. The lowest BCUT2D eigenvalue weighted by Crippen LogP contribution is -2.81. The van der Waals surface area contributed by atoms with Gasteiger partial charge in [-0.05, 0) is 72.5 Å². The molecule has 6 rings (SSSR count). The summed E-state index contributed by atoms with van der Waals surface area (Å²) in [6.07, 6.45) is -3.21. The fraction of sp³-hybridized carbons (Fsp3) is 0.143. The van der Waals surface area contributed by atoms with Gasteiger partial charge in [-0.1, -0.05) is 62.4 Å². The van der Waals surface area contributed by atoms with E-state index in [9.17, 15) is 17.6 Å². The molecule has 0 radical (unpaired) electrons. The molecule has 1 nitrogen and oxygen atoms in total. The molecule has 0 aromatic heterocycles. The summed E-state index contributed by atoms with van der Waals surface area (Å²) in [5.41, 5.74) is -2.68. The molecule has 0 aliphatic heterocycles. The van der Waals surface area contributed by atoms with Crippen molar-refractivity contribution in [2.24, 2.45) is 0 Å². The zero-order valence-corrected chi connectivity index (χ0v) is 29.8. The fourth-order valence-electron chi connectivity index (χ4n) is 7.21. The van der Waals surface area contributed by atoms with Crippen LogP contribution in [0.5, 0.6) is 0 Å². The summed E-state index contributed by atoms with van der Waals surface area (Å²) in [4.78, 5) is 0. The largest absolute Gasteiger partial charge is 0.339 e. The van der Waals surface area contributed by atoms with Crippen LogP contribution >= 0.6 is 0 Å². The van der Waals surface area contributed by atoms with Crippen LogP contribution < -0.4 is 27.2 Å². The van der Waals surface area contributed by atoms with Gasteiger partial charge in [-0.15, -0.1) is 21.9 Å². The minimum atomic E-state index is -5.46. The number of rotatable bonds is 10. The summed E-state index contributed by atoms with van der Waals surface area (Å²) >= 11 is 0. The first-order valence-corrected chi connectivity index (χ1v) is 17.4. The highest BCUT2D eigenvalue weighted by Gasteiger charge is 2.48. The summed E-state index contributed by atoms with van der Waals surface area (Å²) in [5, 5.41) is 2.41. The molecule has 14 heteroatoms. The van der Waals surface area contributed by atoms with Gasteiger partial charge in [-0.25, -0.2) is 52.7 Å². The molecule has 0 fully saturated rings. The molecule has 0 unspecified atom stereocenters. The van der Waals surface area contributed by atoms with E-state index in [1.165, 1.54) is 22.3 Å². The van der Waals surface area contributed by atoms with Gasteiger partial charge in [-0.2, -0.15) is 0 Å². The predicted octanol–water partition coefficient (Wildman–Crippen LogP) is 7.81. The molecule has 0 aliphatic carbocycles. The lowest BCUT2D eigenvalue weighted by atomic mass is 9.12.